The Kier molecular flexibility index (Phi) is 5.59. The normalized spacial score (nSPS) is 16.4. The summed E-state index contributed by atoms with van der Waals surface area (Å²) in [5, 5.41) is 23.1. The maximum absolute atomic E-state index is 12.4. The van der Waals surface area contributed by atoms with Crippen molar-refractivity contribution in [1.82, 2.24) is 10.3 Å². The molecule has 5 nitrogen and oxygen atoms in total. The van der Waals surface area contributed by atoms with Crippen LogP contribution in [-0.2, 0) is 19.6 Å². The summed E-state index contributed by atoms with van der Waals surface area (Å²) < 4.78 is 0. The Bertz CT molecular complexity index is 811. The molecule has 0 aliphatic heterocycles. The van der Waals surface area contributed by atoms with E-state index in [9.17, 15) is 15.0 Å². The van der Waals surface area contributed by atoms with Crippen molar-refractivity contribution in [3.8, 4) is 0 Å². The number of pyridine rings is 1. The van der Waals surface area contributed by atoms with Crippen LogP contribution in [0.2, 0.25) is 10.0 Å². The van der Waals surface area contributed by atoms with Gasteiger partial charge in [-0.2, -0.15) is 0 Å². The van der Waals surface area contributed by atoms with E-state index in [1.165, 1.54) is 0 Å². The number of hydrogen-bond donors (Lipinski definition) is 3. The van der Waals surface area contributed by atoms with E-state index in [2.05, 4.69) is 10.3 Å². The summed E-state index contributed by atoms with van der Waals surface area (Å²) in [4.78, 5) is 16.7. The second-order valence-corrected chi connectivity index (χ2v) is 6.86. The van der Waals surface area contributed by atoms with Gasteiger partial charge < -0.3 is 15.5 Å². The number of aromatic nitrogens is 1. The Balaban J connectivity index is 1.77. The summed E-state index contributed by atoms with van der Waals surface area (Å²) in [6.45, 7) is -0.0825. The van der Waals surface area contributed by atoms with Crippen LogP contribution in [0.15, 0.2) is 24.3 Å². The molecule has 3 rings (SSSR count). The monoisotopic (exact) mass is 380 g/mol. The molecule has 1 amide bonds. The molecule has 0 spiro atoms. The Morgan fingerprint density at radius 2 is 2.12 bits per heavy atom. The van der Waals surface area contributed by atoms with Crippen molar-refractivity contribution in [2.45, 2.75) is 38.5 Å². The van der Waals surface area contributed by atoms with Crippen LogP contribution in [0.5, 0.6) is 0 Å². The minimum Gasteiger partial charge on any atom is -0.392 e. The van der Waals surface area contributed by atoms with Gasteiger partial charge in [-0.3, -0.25) is 4.79 Å². The van der Waals surface area contributed by atoms with Gasteiger partial charge >= 0.3 is 0 Å². The van der Waals surface area contributed by atoms with Crippen LogP contribution in [0.25, 0.3) is 0 Å². The smallest absolute Gasteiger partial charge is 0.270 e. The molecule has 1 aromatic heterocycles. The Morgan fingerprint density at radius 1 is 1.32 bits per heavy atom. The molecule has 1 heterocycles. The number of benzene rings is 1. The minimum atomic E-state index is -0.622. The van der Waals surface area contributed by atoms with Gasteiger partial charge in [0, 0.05) is 16.6 Å². The molecule has 1 aromatic carbocycles. The number of amides is 1. The molecule has 1 aliphatic rings. The topological polar surface area (TPSA) is 82.5 Å². The zero-order valence-electron chi connectivity index (χ0n) is 13.4. The molecule has 3 N–H and O–H groups in total. The second-order valence-electron chi connectivity index (χ2n) is 6.01. The van der Waals surface area contributed by atoms with Crippen LogP contribution in [0.3, 0.4) is 0 Å². The van der Waals surface area contributed by atoms with Crippen molar-refractivity contribution < 1.29 is 15.0 Å². The number of aryl methyl sites for hydroxylation is 1. The lowest BCUT2D eigenvalue weighted by molar-refractivity contribution is 0.0943. The van der Waals surface area contributed by atoms with Crippen molar-refractivity contribution in [1.29, 1.82) is 0 Å². The molecule has 1 unspecified atom stereocenters. The summed E-state index contributed by atoms with van der Waals surface area (Å²) in [6, 6.07) is 6.68. The van der Waals surface area contributed by atoms with Crippen LogP contribution < -0.4 is 5.32 Å². The molecule has 2 aromatic rings. The molecule has 0 fully saturated rings. The standard InChI is InChI=1S/C18H18Cl2N2O3/c19-12-6-11(9-23)13(14(20)7-12)8-21-18(25)15-5-4-10-2-1-3-16(24)17(10)22-15/h4-7,16,23-24H,1-3,8-9H2,(H,21,25). The third-order valence-electron chi connectivity index (χ3n) is 4.33. The van der Waals surface area contributed by atoms with Gasteiger partial charge in [-0.05, 0) is 54.2 Å². The molecule has 0 radical (unpaired) electrons. The zero-order chi connectivity index (χ0) is 18.0. The van der Waals surface area contributed by atoms with Crippen LogP contribution >= 0.6 is 23.2 Å². The molecule has 0 bridgehead atoms. The fraction of sp³-hybridized carbons (Fsp3) is 0.333. The SMILES string of the molecule is O=C(NCc1c(Cl)cc(Cl)cc1CO)c1ccc2c(n1)C(O)CCC2. The van der Waals surface area contributed by atoms with E-state index in [4.69, 9.17) is 23.2 Å². The zero-order valence-corrected chi connectivity index (χ0v) is 14.9. The highest BCUT2D eigenvalue weighted by atomic mass is 35.5. The fourth-order valence-electron chi connectivity index (χ4n) is 3.01. The van der Waals surface area contributed by atoms with Crippen LogP contribution in [0, 0.1) is 0 Å². The number of nitrogens with one attached hydrogen (secondary N) is 1. The summed E-state index contributed by atoms with van der Waals surface area (Å²) in [6.07, 6.45) is 1.82. The van der Waals surface area contributed by atoms with Crippen molar-refractivity contribution in [3.05, 3.63) is 62.4 Å². The summed E-state index contributed by atoms with van der Waals surface area (Å²) >= 11 is 12.1. The number of nitrogens with zero attached hydrogens (tertiary/aromatic N) is 1. The van der Waals surface area contributed by atoms with Gasteiger partial charge in [0.05, 0.1) is 18.4 Å². The summed E-state index contributed by atoms with van der Waals surface area (Å²) in [5.41, 5.74) is 2.99. The lowest BCUT2D eigenvalue weighted by Gasteiger charge is -2.20. The van der Waals surface area contributed by atoms with Gasteiger partial charge in [0.15, 0.2) is 0 Å². The molecule has 1 aliphatic carbocycles. The van der Waals surface area contributed by atoms with Gasteiger partial charge in [0.1, 0.15) is 5.69 Å². The van der Waals surface area contributed by atoms with Crippen molar-refractivity contribution in [3.63, 3.8) is 0 Å². The first-order valence-electron chi connectivity index (χ1n) is 8.03. The number of halogens is 2. The summed E-state index contributed by atoms with van der Waals surface area (Å²) in [7, 11) is 0. The number of fused-ring (bicyclic) bond motifs is 1. The number of rotatable bonds is 4. The lowest BCUT2D eigenvalue weighted by Crippen LogP contribution is -2.26. The van der Waals surface area contributed by atoms with Gasteiger partial charge in [0.2, 0.25) is 0 Å². The van der Waals surface area contributed by atoms with E-state index in [0.717, 1.165) is 18.4 Å². The molecule has 1 atom stereocenters. The third-order valence-corrected chi connectivity index (χ3v) is 4.89. The van der Waals surface area contributed by atoms with Crippen molar-refractivity contribution >= 4 is 29.1 Å². The summed E-state index contributed by atoms with van der Waals surface area (Å²) in [5.74, 6) is -0.365. The van der Waals surface area contributed by atoms with E-state index >= 15 is 0 Å². The van der Waals surface area contributed by atoms with Crippen molar-refractivity contribution in [2.75, 3.05) is 0 Å². The van der Waals surface area contributed by atoms with E-state index in [-0.39, 0.29) is 24.8 Å². The number of hydrogen-bond acceptors (Lipinski definition) is 4. The lowest BCUT2D eigenvalue weighted by atomic mass is 9.93. The maximum Gasteiger partial charge on any atom is 0.270 e. The number of aliphatic hydroxyl groups excluding tert-OH is 2. The predicted octanol–water partition coefficient (Wildman–Crippen LogP) is 3.18. The number of carbonyl (C=O) groups excluding carboxylic acids is 1. The fourth-order valence-corrected chi connectivity index (χ4v) is 3.61. The van der Waals surface area contributed by atoms with E-state index in [1.807, 2.05) is 6.07 Å². The highest BCUT2D eigenvalue weighted by Gasteiger charge is 2.21. The molecular weight excluding hydrogens is 363 g/mol. The quantitative estimate of drug-likeness (QED) is 0.760. The maximum atomic E-state index is 12.4. The second kappa shape index (κ2) is 7.70. The molecule has 0 saturated carbocycles. The molecule has 7 heteroatoms. The Hall–Kier alpha value is -1.66. The van der Waals surface area contributed by atoms with E-state index in [1.54, 1.807) is 18.2 Å². The van der Waals surface area contributed by atoms with Crippen LogP contribution in [0.4, 0.5) is 0 Å². The first kappa shape index (κ1) is 18.1. The number of carbonyl (C=O) groups is 1. The Labute approximate surface area is 155 Å². The first-order valence-corrected chi connectivity index (χ1v) is 8.79. The van der Waals surface area contributed by atoms with Gasteiger partial charge in [-0.15, -0.1) is 0 Å². The highest BCUT2D eigenvalue weighted by Crippen LogP contribution is 2.28. The molecule has 25 heavy (non-hydrogen) atoms. The Morgan fingerprint density at radius 3 is 2.88 bits per heavy atom. The third kappa shape index (κ3) is 3.96. The minimum absolute atomic E-state index is 0.145. The first-order chi connectivity index (χ1) is 12.0. The number of aliphatic hydroxyl groups is 2. The molecule has 0 saturated heterocycles. The highest BCUT2D eigenvalue weighted by molar-refractivity contribution is 6.35. The van der Waals surface area contributed by atoms with E-state index < -0.39 is 6.10 Å². The largest absolute Gasteiger partial charge is 0.392 e. The van der Waals surface area contributed by atoms with Crippen LogP contribution in [0.1, 0.15) is 51.8 Å². The van der Waals surface area contributed by atoms with E-state index in [0.29, 0.717) is 33.3 Å². The van der Waals surface area contributed by atoms with Gasteiger partial charge in [-0.1, -0.05) is 29.3 Å². The molecular formula is C18H18Cl2N2O3. The van der Waals surface area contributed by atoms with Gasteiger partial charge in [-0.25, -0.2) is 4.98 Å². The van der Waals surface area contributed by atoms with Crippen molar-refractivity contribution in [2.24, 2.45) is 0 Å². The van der Waals surface area contributed by atoms with Crippen LogP contribution in [-0.4, -0.2) is 21.1 Å². The average Bonchev–Trinajstić information content (AvgIpc) is 2.60. The van der Waals surface area contributed by atoms with Gasteiger partial charge in [0.25, 0.3) is 5.91 Å². The average molecular weight is 381 g/mol. The molecule has 132 valence electrons. The predicted molar refractivity (Wildman–Crippen MR) is 95.7 cm³/mol.